The molecule has 1 aromatic heterocycles. The van der Waals surface area contributed by atoms with Crippen LogP contribution in [0.15, 0.2) is 24.4 Å². The molecule has 0 aliphatic rings. The Hall–Kier alpha value is -1.14. The molecule has 5 nitrogen and oxygen atoms in total. The first-order chi connectivity index (χ1) is 7.72. The fraction of sp³-hybridized carbons (Fsp3) is 0.111. The van der Waals surface area contributed by atoms with Gasteiger partial charge in [-0.3, -0.25) is 5.84 Å². The number of aromatic nitrogens is 3. The largest absolute Gasteiger partial charge is 0.271 e. The van der Waals surface area contributed by atoms with Crippen LogP contribution in [0.2, 0.25) is 10.0 Å². The van der Waals surface area contributed by atoms with Crippen molar-refractivity contribution < 1.29 is 0 Å². The third kappa shape index (κ3) is 2.17. The molecule has 0 aliphatic carbocycles. The number of hydrogen-bond donors (Lipinski definition) is 3. The van der Waals surface area contributed by atoms with E-state index in [1.54, 1.807) is 24.4 Å². The second-order valence-corrected chi connectivity index (χ2v) is 4.00. The van der Waals surface area contributed by atoms with E-state index in [1.807, 2.05) is 0 Å². The van der Waals surface area contributed by atoms with Gasteiger partial charge in [-0.2, -0.15) is 15.4 Å². The quantitative estimate of drug-likeness (QED) is 0.577. The van der Waals surface area contributed by atoms with E-state index < -0.39 is 0 Å². The van der Waals surface area contributed by atoms with Gasteiger partial charge >= 0.3 is 0 Å². The van der Waals surface area contributed by atoms with Gasteiger partial charge in [0.05, 0.1) is 12.2 Å². The molecule has 1 heterocycles. The average Bonchev–Trinajstić information content (AvgIpc) is 2.78. The summed E-state index contributed by atoms with van der Waals surface area (Å²) in [4.78, 5) is 0. The molecule has 0 saturated carbocycles. The van der Waals surface area contributed by atoms with Gasteiger partial charge in [0.2, 0.25) is 0 Å². The highest BCUT2D eigenvalue weighted by atomic mass is 35.5. The van der Waals surface area contributed by atoms with Gasteiger partial charge < -0.3 is 0 Å². The zero-order chi connectivity index (χ0) is 11.5. The average molecular weight is 258 g/mol. The van der Waals surface area contributed by atoms with Crippen molar-refractivity contribution in [1.29, 1.82) is 0 Å². The van der Waals surface area contributed by atoms with E-state index in [2.05, 4.69) is 20.8 Å². The van der Waals surface area contributed by atoms with Crippen LogP contribution in [0.3, 0.4) is 0 Å². The first-order valence-corrected chi connectivity index (χ1v) is 5.24. The molecule has 1 aromatic carbocycles. The van der Waals surface area contributed by atoms with Crippen LogP contribution >= 0.6 is 23.2 Å². The van der Waals surface area contributed by atoms with Gasteiger partial charge in [-0.1, -0.05) is 23.2 Å². The number of hydrazine groups is 1. The lowest BCUT2D eigenvalue weighted by Gasteiger charge is -2.15. The van der Waals surface area contributed by atoms with Crippen LogP contribution in [0.1, 0.15) is 17.3 Å². The Morgan fingerprint density at radius 3 is 2.81 bits per heavy atom. The summed E-state index contributed by atoms with van der Waals surface area (Å²) in [5, 5.41) is 11.3. The molecule has 1 atom stereocenters. The standard InChI is InChI=1S/C9H9Cl2N5/c10-5-1-2-7(11)6(3-5)9(14-12)8-4-13-16-15-8/h1-4,9,14H,12H2,(H,13,15,16). The summed E-state index contributed by atoms with van der Waals surface area (Å²) in [6.07, 6.45) is 1.57. The molecule has 0 fully saturated rings. The summed E-state index contributed by atoms with van der Waals surface area (Å²) >= 11 is 12.0. The molecule has 84 valence electrons. The zero-order valence-corrected chi connectivity index (χ0v) is 9.63. The molecule has 4 N–H and O–H groups in total. The van der Waals surface area contributed by atoms with E-state index in [0.29, 0.717) is 15.7 Å². The van der Waals surface area contributed by atoms with Crippen molar-refractivity contribution in [3.63, 3.8) is 0 Å². The Morgan fingerprint density at radius 2 is 2.19 bits per heavy atom. The molecule has 0 radical (unpaired) electrons. The maximum absolute atomic E-state index is 6.07. The lowest BCUT2D eigenvalue weighted by Crippen LogP contribution is -2.29. The number of nitrogens with two attached hydrogens (primary N) is 1. The molecule has 0 amide bonds. The van der Waals surface area contributed by atoms with E-state index in [-0.39, 0.29) is 6.04 Å². The smallest absolute Gasteiger partial charge is 0.105 e. The summed E-state index contributed by atoms with van der Waals surface area (Å²) in [5.74, 6) is 5.48. The Labute approximate surface area is 102 Å². The van der Waals surface area contributed by atoms with E-state index in [1.165, 1.54) is 0 Å². The molecule has 0 bridgehead atoms. The molecule has 7 heteroatoms. The van der Waals surface area contributed by atoms with Crippen LogP contribution in [0.25, 0.3) is 0 Å². The zero-order valence-electron chi connectivity index (χ0n) is 8.11. The summed E-state index contributed by atoms with van der Waals surface area (Å²) in [6.45, 7) is 0. The second kappa shape index (κ2) is 4.80. The number of halogens is 2. The Morgan fingerprint density at radius 1 is 1.38 bits per heavy atom. The molecule has 0 saturated heterocycles. The summed E-state index contributed by atoms with van der Waals surface area (Å²) in [5.41, 5.74) is 4.02. The van der Waals surface area contributed by atoms with Crippen LogP contribution in [0.5, 0.6) is 0 Å². The second-order valence-electron chi connectivity index (χ2n) is 3.16. The summed E-state index contributed by atoms with van der Waals surface area (Å²) < 4.78 is 0. The van der Waals surface area contributed by atoms with Crippen molar-refractivity contribution in [3.05, 3.63) is 45.7 Å². The molecule has 2 aromatic rings. The first kappa shape index (κ1) is 11.3. The number of nitrogens with zero attached hydrogens (tertiary/aromatic N) is 2. The molecule has 1 unspecified atom stereocenters. The third-order valence-electron chi connectivity index (χ3n) is 2.17. The molecule has 0 aliphatic heterocycles. The number of nitrogens with one attached hydrogen (secondary N) is 2. The Bertz CT molecular complexity index is 471. The Balaban J connectivity index is 2.44. The van der Waals surface area contributed by atoms with Crippen LogP contribution in [-0.4, -0.2) is 15.4 Å². The highest BCUT2D eigenvalue weighted by molar-refractivity contribution is 6.33. The van der Waals surface area contributed by atoms with Gasteiger partial charge in [0, 0.05) is 10.0 Å². The minimum Gasteiger partial charge on any atom is -0.271 e. The van der Waals surface area contributed by atoms with Crippen molar-refractivity contribution in [3.8, 4) is 0 Å². The van der Waals surface area contributed by atoms with E-state index in [4.69, 9.17) is 29.0 Å². The van der Waals surface area contributed by atoms with E-state index in [9.17, 15) is 0 Å². The van der Waals surface area contributed by atoms with Crippen molar-refractivity contribution in [1.82, 2.24) is 20.8 Å². The van der Waals surface area contributed by atoms with Crippen molar-refractivity contribution in [2.75, 3.05) is 0 Å². The number of aromatic amines is 1. The van der Waals surface area contributed by atoms with Crippen LogP contribution < -0.4 is 11.3 Å². The fourth-order valence-corrected chi connectivity index (χ4v) is 1.83. The Kier molecular flexibility index (Phi) is 3.40. The maximum Gasteiger partial charge on any atom is 0.105 e. The normalized spacial score (nSPS) is 12.7. The highest BCUT2D eigenvalue weighted by Crippen LogP contribution is 2.28. The van der Waals surface area contributed by atoms with Crippen molar-refractivity contribution in [2.45, 2.75) is 6.04 Å². The predicted molar refractivity (Wildman–Crippen MR) is 62.0 cm³/mol. The molecular formula is C9H9Cl2N5. The first-order valence-electron chi connectivity index (χ1n) is 4.49. The number of hydrogen-bond acceptors (Lipinski definition) is 4. The predicted octanol–water partition coefficient (Wildman–Crippen LogP) is 1.66. The maximum atomic E-state index is 6.07. The lowest BCUT2D eigenvalue weighted by atomic mass is 10.1. The number of rotatable bonds is 3. The van der Waals surface area contributed by atoms with Gasteiger partial charge in [-0.05, 0) is 23.8 Å². The van der Waals surface area contributed by atoms with Crippen LogP contribution in [-0.2, 0) is 0 Å². The monoisotopic (exact) mass is 257 g/mol. The van der Waals surface area contributed by atoms with Gasteiger partial charge in [-0.15, -0.1) is 0 Å². The molecule has 0 spiro atoms. The van der Waals surface area contributed by atoms with Crippen molar-refractivity contribution >= 4 is 23.2 Å². The van der Waals surface area contributed by atoms with E-state index >= 15 is 0 Å². The highest BCUT2D eigenvalue weighted by Gasteiger charge is 2.18. The minimum absolute atomic E-state index is 0.343. The molecule has 16 heavy (non-hydrogen) atoms. The SMILES string of the molecule is NNC(c1cn[nH]n1)c1cc(Cl)ccc1Cl. The van der Waals surface area contributed by atoms with Gasteiger partial charge in [0.15, 0.2) is 0 Å². The number of H-pyrrole nitrogens is 1. The summed E-state index contributed by atoms with van der Waals surface area (Å²) in [6, 6.07) is 4.82. The minimum atomic E-state index is -0.343. The van der Waals surface area contributed by atoms with Gasteiger partial charge in [0.1, 0.15) is 5.69 Å². The third-order valence-corrected chi connectivity index (χ3v) is 2.74. The lowest BCUT2D eigenvalue weighted by molar-refractivity contribution is 0.618. The fourth-order valence-electron chi connectivity index (χ4n) is 1.42. The van der Waals surface area contributed by atoms with Crippen LogP contribution in [0, 0.1) is 0 Å². The molecular weight excluding hydrogens is 249 g/mol. The topological polar surface area (TPSA) is 79.6 Å². The molecule has 2 rings (SSSR count). The number of benzene rings is 1. The summed E-state index contributed by atoms with van der Waals surface area (Å²) in [7, 11) is 0. The van der Waals surface area contributed by atoms with E-state index in [0.717, 1.165) is 5.56 Å². The van der Waals surface area contributed by atoms with Crippen molar-refractivity contribution in [2.24, 2.45) is 5.84 Å². The van der Waals surface area contributed by atoms with Gasteiger partial charge in [0.25, 0.3) is 0 Å². The van der Waals surface area contributed by atoms with Crippen LogP contribution in [0.4, 0.5) is 0 Å². The van der Waals surface area contributed by atoms with Gasteiger partial charge in [-0.25, -0.2) is 5.43 Å².